The van der Waals surface area contributed by atoms with Gasteiger partial charge in [0.1, 0.15) is 0 Å². The van der Waals surface area contributed by atoms with Crippen LogP contribution >= 0.6 is 0 Å². The third-order valence-electron chi connectivity index (χ3n) is 2.86. The minimum absolute atomic E-state index is 1.08. The van der Waals surface area contributed by atoms with Gasteiger partial charge in [0.2, 0.25) is 0 Å². The van der Waals surface area contributed by atoms with Crippen molar-refractivity contribution in [2.45, 2.75) is 32.1 Å². The van der Waals surface area contributed by atoms with Crippen LogP contribution in [0.25, 0.3) is 0 Å². The van der Waals surface area contributed by atoms with Crippen molar-refractivity contribution in [2.75, 3.05) is 0 Å². The van der Waals surface area contributed by atoms with E-state index in [0.29, 0.717) is 0 Å². The van der Waals surface area contributed by atoms with Crippen molar-refractivity contribution in [3.63, 3.8) is 0 Å². The lowest BCUT2D eigenvalue weighted by Gasteiger charge is -2.19. The Hall–Kier alpha value is -0.260. The van der Waals surface area contributed by atoms with Crippen molar-refractivity contribution in [3.8, 4) is 0 Å². The Morgan fingerprint density at radius 3 is 2.00 bits per heavy atom. The van der Waals surface area contributed by atoms with Crippen LogP contribution in [0.2, 0.25) is 0 Å². The summed E-state index contributed by atoms with van der Waals surface area (Å²) < 4.78 is 0. The van der Waals surface area contributed by atoms with Crippen LogP contribution in [0.1, 0.15) is 32.1 Å². The van der Waals surface area contributed by atoms with Gasteiger partial charge in [-0.05, 0) is 37.5 Å². The Labute approximate surface area is 57.0 Å². The van der Waals surface area contributed by atoms with Crippen LogP contribution in [0.4, 0.5) is 0 Å². The molecule has 1 unspecified atom stereocenters. The molecule has 2 atom stereocenters. The predicted molar refractivity (Wildman–Crippen MR) is 39.2 cm³/mol. The van der Waals surface area contributed by atoms with Crippen molar-refractivity contribution in [1.82, 2.24) is 0 Å². The molecule has 0 nitrogen and oxygen atoms in total. The van der Waals surface area contributed by atoms with Crippen molar-refractivity contribution in [2.24, 2.45) is 11.8 Å². The first-order valence-electron chi connectivity index (χ1n) is 4.12. The maximum absolute atomic E-state index is 2.37. The van der Waals surface area contributed by atoms with Gasteiger partial charge < -0.3 is 0 Å². The van der Waals surface area contributed by atoms with Crippen molar-refractivity contribution < 1.29 is 0 Å². The molecule has 2 aliphatic carbocycles. The largest absolute Gasteiger partial charge is 0.0882 e. The number of hydrogen-bond acceptors (Lipinski definition) is 0. The third-order valence-corrected chi connectivity index (χ3v) is 2.86. The van der Waals surface area contributed by atoms with Gasteiger partial charge in [0.05, 0.1) is 0 Å². The molecule has 9 heavy (non-hydrogen) atoms. The number of fused-ring (bicyclic) bond motifs is 1. The van der Waals surface area contributed by atoms with Gasteiger partial charge in [0, 0.05) is 0 Å². The summed E-state index contributed by atoms with van der Waals surface area (Å²) in [7, 11) is 0. The first-order valence-corrected chi connectivity index (χ1v) is 4.12. The van der Waals surface area contributed by atoms with Gasteiger partial charge in [-0.15, -0.1) is 0 Å². The van der Waals surface area contributed by atoms with Crippen LogP contribution in [0.15, 0.2) is 12.2 Å². The van der Waals surface area contributed by atoms with Gasteiger partial charge >= 0.3 is 0 Å². The molecule has 0 aromatic rings. The third kappa shape index (κ3) is 0.910. The lowest BCUT2D eigenvalue weighted by Crippen LogP contribution is -2.08. The minimum atomic E-state index is 1.08. The lowest BCUT2D eigenvalue weighted by atomic mass is 9.86. The van der Waals surface area contributed by atoms with Gasteiger partial charge in [-0.3, -0.25) is 0 Å². The molecule has 0 bridgehead atoms. The summed E-state index contributed by atoms with van der Waals surface area (Å²) >= 11 is 0. The van der Waals surface area contributed by atoms with Gasteiger partial charge in [-0.2, -0.15) is 0 Å². The molecule has 1 fully saturated rings. The average molecular weight is 122 g/mol. The van der Waals surface area contributed by atoms with E-state index in [-0.39, 0.29) is 0 Å². The quantitative estimate of drug-likeness (QED) is 0.433. The SMILES string of the molecule is C1=CC[C@H]2CCCC2C1. The minimum Gasteiger partial charge on any atom is -0.0882 e. The van der Waals surface area contributed by atoms with Crippen molar-refractivity contribution in [3.05, 3.63) is 12.2 Å². The lowest BCUT2D eigenvalue weighted by molar-refractivity contribution is 0.380. The predicted octanol–water partition coefficient (Wildman–Crippen LogP) is 2.75. The highest BCUT2D eigenvalue weighted by molar-refractivity contribution is 4.96. The van der Waals surface area contributed by atoms with Crippen LogP contribution < -0.4 is 0 Å². The first-order chi connectivity index (χ1) is 4.47. The van der Waals surface area contributed by atoms with Crippen LogP contribution in [0.3, 0.4) is 0 Å². The summed E-state index contributed by atoms with van der Waals surface area (Å²) in [6.07, 6.45) is 12.0. The van der Waals surface area contributed by atoms with E-state index < -0.39 is 0 Å². The molecule has 2 aliphatic rings. The molecule has 1 saturated carbocycles. The number of hydrogen-bond donors (Lipinski definition) is 0. The fraction of sp³-hybridized carbons (Fsp3) is 0.778. The smallest absolute Gasteiger partial charge is 0.0319 e. The number of rotatable bonds is 0. The molecule has 2 rings (SSSR count). The molecule has 0 saturated heterocycles. The van der Waals surface area contributed by atoms with E-state index in [1.807, 2.05) is 0 Å². The summed E-state index contributed by atoms with van der Waals surface area (Å²) in [5.74, 6) is 2.16. The van der Waals surface area contributed by atoms with E-state index in [4.69, 9.17) is 0 Å². The van der Waals surface area contributed by atoms with E-state index in [1.165, 1.54) is 32.1 Å². The molecule has 0 spiro atoms. The molecule has 0 aliphatic heterocycles. The molecule has 0 aromatic heterocycles. The van der Waals surface area contributed by atoms with Gasteiger partial charge in [0.25, 0.3) is 0 Å². The van der Waals surface area contributed by atoms with Crippen molar-refractivity contribution in [1.29, 1.82) is 0 Å². The molecule has 0 amide bonds. The fourth-order valence-corrected chi connectivity index (χ4v) is 2.28. The summed E-state index contributed by atoms with van der Waals surface area (Å²) in [5.41, 5.74) is 0. The first kappa shape index (κ1) is 5.52. The average Bonchev–Trinajstić information content (AvgIpc) is 2.33. The topological polar surface area (TPSA) is 0 Å². The molecular weight excluding hydrogens is 108 g/mol. The molecule has 0 heterocycles. The van der Waals surface area contributed by atoms with E-state index in [9.17, 15) is 0 Å². The maximum Gasteiger partial charge on any atom is -0.0319 e. The summed E-state index contributed by atoms with van der Waals surface area (Å²) in [6, 6.07) is 0. The summed E-state index contributed by atoms with van der Waals surface area (Å²) in [6.45, 7) is 0. The summed E-state index contributed by atoms with van der Waals surface area (Å²) in [4.78, 5) is 0. The van der Waals surface area contributed by atoms with Gasteiger partial charge in [-0.25, -0.2) is 0 Å². The zero-order valence-corrected chi connectivity index (χ0v) is 5.84. The van der Waals surface area contributed by atoms with E-state index >= 15 is 0 Å². The number of allylic oxidation sites excluding steroid dienone is 2. The highest BCUT2D eigenvalue weighted by atomic mass is 14.3. The van der Waals surface area contributed by atoms with Crippen LogP contribution in [0, 0.1) is 11.8 Å². The highest BCUT2D eigenvalue weighted by Crippen LogP contribution is 2.38. The zero-order valence-electron chi connectivity index (χ0n) is 5.84. The molecular formula is C9H14. The Kier molecular flexibility index (Phi) is 1.33. The second kappa shape index (κ2) is 2.17. The van der Waals surface area contributed by atoms with E-state index in [0.717, 1.165) is 11.8 Å². The molecule has 0 aromatic carbocycles. The summed E-state index contributed by atoms with van der Waals surface area (Å²) in [5, 5.41) is 0. The van der Waals surface area contributed by atoms with Crippen molar-refractivity contribution >= 4 is 0 Å². The molecule has 0 N–H and O–H groups in total. The van der Waals surface area contributed by atoms with Gasteiger partial charge in [-0.1, -0.05) is 18.6 Å². The molecule has 50 valence electrons. The normalized spacial score (nSPS) is 40.9. The second-order valence-corrected chi connectivity index (χ2v) is 3.39. The highest BCUT2D eigenvalue weighted by Gasteiger charge is 2.26. The fourth-order valence-electron chi connectivity index (χ4n) is 2.28. The zero-order chi connectivity index (χ0) is 6.10. The van der Waals surface area contributed by atoms with E-state index in [1.54, 1.807) is 0 Å². The van der Waals surface area contributed by atoms with Crippen LogP contribution in [-0.4, -0.2) is 0 Å². The Morgan fingerprint density at radius 1 is 0.889 bits per heavy atom. The Morgan fingerprint density at radius 2 is 1.44 bits per heavy atom. The Bertz CT molecular complexity index is 110. The second-order valence-electron chi connectivity index (χ2n) is 3.39. The Balaban J connectivity index is 2.07. The standard InChI is InChI=1S/C9H14/c1-2-5-9-7-3-6-8(9)4-1/h1-2,8-9H,3-7H2/t8-,9?/m0/s1. The van der Waals surface area contributed by atoms with Gasteiger partial charge in [0.15, 0.2) is 0 Å². The monoisotopic (exact) mass is 122 g/mol. The molecule has 0 heteroatoms. The molecule has 0 radical (unpaired) electrons. The maximum atomic E-state index is 2.37. The van der Waals surface area contributed by atoms with Crippen LogP contribution in [-0.2, 0) is 0 Å². The van der Waals surface area contributed by atoms with Crippen LogP contribution in [0.5, 0.6) is 0 Å². The van der Waals surface area contributed by atoms with E-state index in [2.05, 4.69) is 12.2 Å².